The molecule has 0 aliphatic carbocycles. The largest absolute Gasteiger partial charge is 0.433 e. The van der Waals surface area contributed by atoms with Crippen molar-refractivity contribution < 1.29 is 22.8 Å². The summed E-state index contributed by atoms with van der Waals surface area (Å²) in [5.41, 5.74) is -1.18. The normalized spacial score (nSPS) is 11.2. The van der Waals surface area contributed by atoms with Crippen LogP contribution in [0.5, 0.6) is 0 Å². The van der Waals surface area contributed by atoms with E-state index in [1.807, 2.05) is 5.32 Å². The number of nitrogens with zero attached hydrogens (tertiary/aromatic N) is 2. The molecule has 0 aliphatic rings. The fourth-order valence-corrected chi connectivity index (χ4v) is 3.21. The summed E-state index contributed by atoms with van der Waals surface area (Å²) in [6.07, 6.45) is -4.71. The molecule has 3 aromatic heterocycles. The van der Waals surface area contributed by atoms with Crippen molar-refractivity contribution in [2.45, 2.75) is 6.18 Å². The molecule has 0 aliphatic heterocycles. The van der Waals surface area contributed by atoms with E-state index < -0.39 is 29.8 Å². The number of amides is 3. The van der Waals surface area contributed by atoms with Crippen molar-refractivity contribution in [3.63, 3.8) is 0 Å². The van der Waals surface area contributed by atoms with Gasteiger partial charge in [-0.3, -0.25) is 15.4 Å². The van der Waals surface area contributed by atoms with Gasteiger partial charge in [-0.15, -0.1) is 22.7 Å². The lowest BCUT2D eigenvalue weighted by atomic mass is 10.3. The lowest BCUT2D eigenvalue weighted by Crippen LogP contribution is -2.34. The van der Waals surface area contributed by atoms with Crippen LogP contribution in [0.4, 0.5) is 23.9 Å². The van der Waals surface area contributed by atoms with Crippen LogP contribution in [0.25, 0.3) is 10.6 Å². The van der Waals surface area contributed by atoms with Crippen molar-refractivity contribution in [3.8, 4) is 10.6 Å². The monoisotopic (exact) mass is 398 g/mol. The Labute approximate surface area is 152 Å². The highest BCUT2D eigenvalue weighted by molar-refractivity contribution is 7.13. The maximum atomic E-state index is 13.1. The van der Waals surface area contributed by atoms with Crippen molar-refractivity contribution in [3.05, 3.63) is 51.7 Å². The molecule has 3 heterocycles. The Kier molecular flexibility index (Phi) is 5.00. The van der Waals surface area contributed by atoms with Gasteiger partial charge in [-0.05, 0) is 29.0 Å². The number of rotatable bonds is 3. The van der Waals surface area contributed by atoms with Crippen molar-refractivity contribution in [2.24, 2.45) is 0 Å². The number of thiophene rings is 2. The summed E-state index contributed by atoms with van der Waals surface area (Å²) in [6, 6.07) is 6.15. The summed E-state index contributed by atoms with van der Waals surface area (Å²) in [5.74, 6) is -1.23. The van der Waals surface area contributed by atoms with E-state index in [1.54, 1.807) is 29.0 Å². The minimum atomic E-state index is -4.71. The number of carbonyl (C=O) groups is 2. The molecule has 0 saturated heterocycles. The number of anilines is 1. The molecule has 0 atom stereocenters. The van der Waals surface area contributed by atoms with Gasteiger partial charge in [0, 0.05) is 0 Å². The highest BCUT2D eigenvalue weighted by atomic mass is 32.1. The van der Waals surface area contributed by atoms with Gasteiger partial charge in [-0.1, -0.05) is 12.1 Å². The third kappa shape index (κ3) is 4.24. The number of nitrogens with one attached hydrogen (secondary N) is 2. The van der Waals surface area contributed by atoms with E-state index in [2.05, 4.69) is 15.3 Å². The van der Waals surface area contributed by atoms with E-state index in [-0.39, 0.29) is 10.6 Å². The topological polar surface area (TPSA) is 84.0 Å². The smallest absolute Gasteiger partial charge is 0.276 e. The molecule has 0 bridgehead atoms. The third-order valence-electron chi connectivity index (χ3n) is 2.99. The second kappa shape index (κ2) is 7.22. The second-order valence-corrected chi connectivity index (χ2v) is 6.72. The molecular weight excluding hydrogens is 389 g/mol. The lowest BCUT2D eigenvalue weighted by Gasteiger charge is -2.10. The van der Waals surface area contributed by atoms with E-state index >= 15 is 0 Å². The summed E-state index contributed by atoms with van der Waals surface area (Å²) in [5, 5.41) is 7.41. The number of imide groups is 1. The van der Waals surface area contributed by atoms with E-state index in [0.717, 1.165) is 17.4 Å². The van der Waals surface area contributed by atoms with Gasteiger partial charge >= 0.3 is 12.2 Å². The molecule has 3 aromatic rings. The quantitative estimate of drug-likeness (QED) is 0.691. The Morgan fingerprint density at radius 3 is 2.38 bits per heavy atom. The predicted octanol–water partition coefficient (Wildman–Crippen LogP) is 4.25. The summed E-state index contributed by atoms with van der Waals surface area (Å²) in [4.78, 5) is 31.7. The summed E-state index contributed by atoms with van der Waals surface area (Å²) in [6.45, 7) is 0. The maximum Gasteiger partial charge on any atom is 0.433 e. The number of alkyl halides is 3. The number of aromatic nitrogens is 2. The number of carbonyl (C=O) groups excluding carboxylic acids is 2. The van der Waals surface area contributed by atoms with Gasteiger partial charge in [0.2, 0.25) is 5.95 Å². The molecule has 0 spiro atoms. The van der Waals surface area contributed by atoms with Gasteiger partial charge in [0.15, 0.2) is 5.69 Å². The third-order valence-corrected chi connectivity index (χ3v) is 4.75. The maximum absolute atomic E-state index is 13.1. The zero-order valence-electron chi connectivity index (χ0n) is 12.7. The first-order valence-electron chi connectivity index (χ1n) is 6.99. The summed E-state index contributed by atoms with van der Waals surface area (Å²) < 4.78 is 39.2. The lowest BCUT2D eigenvalue weighted by molar-refractivity contribution is -0.141. The van der Waals surface area contributed by atoms with Gasteiger partial charge < -0.3 is 0 Å². The molecule has 0 saturated carbocycles. The fourth-order valence-electron chi connectivity index (χ4n) is 1.90. The second-order valence-electron chi connectivity index (χ2n) is 4.82. The van der Waals surface area contributed by atoms with Gasteiger partial charge in [-0.25, -0.2) is 14.8 Å². The van der Waals surface area contributed by atoms with Gasteiger partial charge in [0.1, 0.15) is 0 Å². The van der Waals surface area contributed by atoms with Crippen molar-refractivity contribution in [1.29, 1.82) is 0 Å². The first-order chi connectivity index (χ1) is 12.3. The highest BCUT2D eigenvalue weighted by Crippen LogP contribution is 2.32. The van der Waals surface area contributed by atoms with E-state index in [4.69, 9.17) is 0 Å². The molecule has 0 aromatic carbocycles. The molecule has 26 heavy (non-hydrogen) atoms. The van der Waals surface area contributed by atoms with Crippen LogP contribution in [0.2, 0.25) is 0 Å². The molecule has 2 N–H and O–H groups in total. The zero-order valence-corrected chi connectivity index (χ0v) is 14.3. The molecule has 3 amide bonds. The number of hydrogen-bond donors (Lipinski definition) is 2. The Balaban J connectivity index is 1.83. The van der Waals surface area contributed by atoms with Gasteiger partial charge in [-0.2, -0.15) is 13.2 Å². The molecule has 0 unspecified atom stereocenters. The number of halogens is 3. The van der Waals surface area contributed by atoms with Crippen LogP contribution in [-0.2, 0) is 6.18 Å². The molecular formula is C15H9F3N4O2S2. The molecule has 3 rings (SSSR count). The molecule has 11 heteroatoms. The minimum absolute atomic E-state index is 0.0159. The average molecular weight is 398 g/mol. The Morgan fingerprint density at radius 1 is 1.04 bits per heavy atom. The molecule has 6 nitrogen and oxygen atoms in total. The van der Waals surface area contributed by atoms with E-state index in [1.165, 1.54) is 17.4 Å². The standard InChI is InChI=1S/C15H9F3N4O2S2/c16-15(17,18)11-7-8(9-3-1-5-25-9)19-13(20-11)22-14(24)21-12(23)10-4-2-6-26-10/h1-7H,(H2,19,20,21,22,23,24). The molecule has 0 fully saturated rings. The van der Waals surface area contributed by atoms with Crippen LogP contribution in [-0.4, -0.2) is 21.9 Å². The Morgan fingerprint density at radius 2 is 1.77 bits per heavy atom. The van der Waals surface area contributed by atoms with Crippen LogP contribution in [0.3, 0.4) is 0 Å². The van der Waals surface area contributed by atoms with Crippen molar-refractivity contribution in [1.82, 2.24) is 15.3 Å². The summed E-state index contributed by atoms with van der Waals surface area (Å²) in [7, 11) is 0. The van der Waals surface area contributed by atoms with Crippen LogP contribution < -0.4 is 10.6 Å². The van der Waals surface area contributed by atoms with Crippen molar-refractivity contribution >= 4 is 40.6 Å². The predicted molar refractivity (Wildman–Crippen MR) is 91.2 cm³/mol. The fraction of sp³-hybridized carbons (Fsp3) is 0.0667. The molecule has 134 valence electrons. The number of urea groups is 1. The SMILES string of the molecule is O=C(NC(=O)c1cccs1)Nc1nc(-c2cccs2)cc(C(F)(F)F)n1. The van der Waals surface area contributed by atoms with E-state index in [0.29, 0.717) is 4.88 Å². The minimum Gasteiger partial charge on any atom is -0.276 e. The average Bonchev–Trinajstić information content (AvgIpc) is 3.27. The summed E-state index contributed by atoms with van der Waals surface area (Å²) >= 11 is 2.31. The number of hydrogen-bond acceptors (Lipinski definition) is 6. The van der Waals surface area contributed by atoms with Gasteiger partial charge in [0.05, 0.1) is 15.4 Å². The Bertz CT molecular complexity index is 925. The van der Waals surface area contributed by atoms with Crippen molar-refractivity contribution in [2.75, 3.05) is 5.32 Å². The van der Waals surface area contributed by atoms with Crippen LogP contribution in [0.15, 0.2) is 41.1 Å². The molecule has 0 radical (unpaired) electrons. The first kappa shape index (κ1) is 18.0. The van der Waals surface area contributed by atoms with Gasteiger partial charge in [0.25, 0.3) is 5.91 Å². The first-order valence-corrected chi connectivity index (χ1v) is 8.75. The Hall–Kier alpha value is -2.79. The van der Waals surface area contributed by atoms with Crippen LogP contribution in [0, 0.1) is 0 Å². The van der Waals surface area contributed by atoms with Crippen LogP contribution >= 0.6 is 22.7 Å². The van der Waals surface area contributed by atoms with Crippen LogP contribution in [0.1, 0.15) is 15.4 Å². The highest BCUT2D eigenvalue weighted by Gasteiger charge is 2.34. The van der Waals surface area contributed by atoms with E-state index in [9.17, 15) is 22.8 Å². The zero-order chi connectivity index (χ0) is 18.7.